The predicted molar refractivity (Wildman–Crippen MR) is 122 cm³/mol. The van der Waals surface area contributed by atoms with Crippen molar-refractivity contribution in [3.05, 3.63) is 74.0 Å². The molecule has 7 nitrogen and oxygen atoms in total. The molecule has 0 saturated carbocycles. The lowest BCUT2D eigenvalue weighted by molar-refractivity contribution is 0.0937. The van der Waals surface area contributed by atoms with Gasteiger partial charge in [0.1, 0.15) is 5.82 Å². The van der Waals surface area contributed by atoms with Gasteiger partial charge in [0.05, 0.1) is 40.2 Å². The van der Waals surface area contributed by atoms with Crippen LogP contribution in [-0.4, -0.2) is 32.2 Å². The van der Waals surface area contributed by atoms with Crippen molar-refractivity contribution in [3.63, 3.8) is 0 Å². The van der Waals surface area contributed by atoms with E-state index in [9.17, 15) is 9.59 Å². The first-order chi connectivity index (χ1) is 15.1. The summed E-state index contributed by atoms with van der Waals surface area (Å²) in [4.78, 5) is 37.7. The number of nitrogens with zero attached hydrogens (tertiary/aromatic N) is 3. The Kier molecular flexibility index (Phi) is 5.52. The van der Waals surface area contributed by atoms with Crippen molar-refractivity contribution >= 4 is 45.2 Å². The molecule has 9 heteroatoms. The third-order valence-electron chi connectivity index (χ3n) is 5.29. The summed E-state index contributed by atoms with van der Waals surface area (Å²) < 4.78 is 7.43. The minimum atomic E-state index is -0.222. The molecule has 1 saturated heterocycles. The molecule has 1 atom stereocenters. The van der Waals surface area contributed by atoms with Crippen LogP contribution in [0.5, 0.6) is 0 Å². The average molecular weight is 455 g/mol. The van der Waals surface area contributed by atoms with Crippen LogP contribution in [0.2, 0.25) is 5.02 Å². The van der Waals surface area contributed by atoms with Gasteiger partial charge in [-0.2, -0.15) is 0 Å². The monoisotopic (exact) mass is 454 g/mol. The third-order valence-corrected chi connectivity index (χ3v) is 6.52. The number of halogens is 1. The minimum absolute atomic E-state index is 0.000699. The number of fused-ring (bicyclic) bond motifs is 2. The Morgan fingerprint density at radius 2 is 2.00 bits per heavy atom. The molecule has 1 unspecified atom stereocenters. The van der Waals surface area contributed by atoms with E-state index in [1.54, 1.807) is 28.8 Å². The van der Waals surface area contributed by atoms with Gasteiger partial charge in [0.25, 0.3) is 11.1 Å². The van der Waals surface area contributed by atoms with Gasteiger partial charge in [-0.1, -0.05) is 35.5 Å². The number of benzene rings is 2. The summed E-state index contributed by atoms with van der Waals surface area (Å²) in [7, 11) is 0. The zero-order valence-electron chi connectivity index (χ0n) is 16.5. The Balaban J connectivity index is 1.51. The first kappa shape index (κ1) is 20.2. The molecule has 0 bridgehead atoms. The van der Waals surface area contributed by atoms with E-state index in [0.717, 1.165) is 12.8 Å². The van der Waals surface area contributed by atoms with Gasteiger partial charge in [0, 0.05) is 11.6 Å². The highest BCUT2D eigenvalue weighted by Gasteiger charge is 2.20. The number of aromatic nitrogens is 4. The van der Waals surface area contributed by atoms with Crippen molar-refractivity contribution in [1.29, 1.82) is 0 Å². The van der Waals surface area contributed by atoms with E-state index < -0.39 is 0 Å². The van der Waals surface area contributed by atoms with Crippen molar-refractivity contribution in [2.45, 2.75) is 36.4 Å². The Morgan fingerprint density at radius 3 is 2.84 bits per heavy atom. The number of H-pyrrole nitrogens is 1. The first-order valence-electron chi connectivity index (χ1n) is 10.0. The zero-order valence-corrected chi connectivity index (χ0v) is 18.1. The van der Waals surface area contributed by atoms with Crippen LogP contribution < -0.4 is 11.1 Å². The van der Waals surface area contributed by atoms with E-state index >= 15 is 0 Å². The molecule has 158 valence electrons. The molecule has 1 aliphatic rings. The molecule has 0 radical (unpaired) electrons. The van der Waals surface area contributed by atoms with Gasteiger partial charge in [-0.3, -0.25) is 14.2 Å². The Hall–Kier alpha value is -2.68. The van der Waals surface area contributed by atoms with Gasteiger partial charge >= 0.3 is 0 Å². The van der Waals surface area contributed by atoms with Crippen molar-refractivity contribution < 1.29 is 4.74 Å². The molecular formula is C22H19ClN4O3S. The van der Waals surface area contributed by atoms with Crippen LogP contribution >= 0.6 is 23.4 Å². The van der Waals surface area contributed by atoms with Gasteiger partial charge in [-0.25, -0.2) is 9.97 Å². The third kappa shape index (κ3) is 4.11. The zero-order chi connectivity index (χ0) is 21.4. The van der Waals surface area contributed by atoms with Crippen LogP contribution in [0, 0.1) is 0 Å². The lowest BCUT2D eigenvalue weighted by Crippen LogP contribution is -2.28. The van der Waals surface area contributed by atoms with Gasteiger partial charge in [-0.05, 0) is 43.2 Å². The van der Waals surface area contributed by atoms with Crippen LogP contribution in [0.4, 0.5) is 0 Å². The highest BCUT2D eigenvalue weighted by Crippen LogP contribution is 2.23. The maximum Gasteiger partial charge on any atom is 0.262 e. The summed E-state index contributed by atoms with van der Waals surface area (Å²) in [5.41, 5.74) is 0.872. The molecule has 3 heterocycles. The fraction of sp³-hybridized carbons (Fsp3) is 0.273. The molecule has 31 heavy (non-hydrogen) atoms. The largest absolute Gasteiger partial charge is 0.376 e. The summed E-state index contributed by atoms with van der Waals surface area (Å²) in [6.45, 7) is 1.17. The summed E-state index contributed by atoms with van der Waals surface area (Å²) in [5.74, 6) is 0.851. The second-order valence-corrected chi connectivity index (χ2v) is 8.80. The van der Waals surface area contributed by atoms with Crippen molar-refractivity contribution in [1.82, 2.24) is 19.5 Å². The van der Waals surface area contributed by atoms with Crippen LogP contribution in [0.25, 0.3) is 21.8 Å². The van der Waals surface area contributed by atoms with Crippen molar-refractivity contribution in [2.24, 2.45) is 0 Å². The molecule has 1 N–H and O–H groups in total. The molecule has 2 aromatic carbocycles. The number of ether oxygens (including phenoxy) is 1. The maximum atomic E-state index is 13.2. The van der Waals surface area contributed by atoms with Crippen molar-refractivity contribution in [3.8, 4) is 0 Å². The topological polar surface area (TPSA) is 89.9 Å². The molecule has 0 spiro atoms. The van der Waals surface area contributed by atoms with E-state index in [1.807, 2.05) is 18.2 Å². The fourth-order valence-electron chi connectivity index (χ4n) is 3.77. The SMILES string of the molecule is O=c1[nH]c(CSc2nc3ccccc3c(=O)n2CC2CCCO2)nc2cc(Cl)ccc12. The number of rotatable bonds is 5. The fourth-order valence-corrected chi connectivity index (χ4v) is 4.82. The lowest BCUT2D eigenvalue weighted by Gasteiger charge is -2.16. The van der Waals surface area contributed by atoms with Gasteiger partial charge in [0.2, 0.25) is 0 Å². The van der Waals surface area contributed by atoms with Crippen LogP contribution in [-0.2, 0) is 17.0 Å². The Bertz CT molecular complexity index is 1400. The molecule has 5 rings (SSSR count). The molecule has 4 aromatic rings. The summed E-state index contributed by atoms with van der Waals surface area (Å²) in [6.07, 6.45) is 1.91. The summed E-state index contributed by atoms with van der Waals surface area (Å²) >= 11 is 7.42. The molecule has 1 fully saturated rings. The molecular weight excluding hydrogens is 436 g/mol. The minimum Gasteiger partial charge on any atom is -0.376 e. The standard InChI is InChI=1S/C22H19ClN4O3S/c23-13-7-8-15-18(10-13)24-19(26-20(15)28)12-31-22-25-17-6-2-1-5-16(17)21(29)27(22)11-14-4-3-9-30-14/h1-2,5-8,10,14H,3-4,9,11-12H2,(H,24,26,28). The number of para-hydroxylation sites is 1. The van der Waals surface area contributed by atoms with E-state index in [4.69, 9.17) is 21.3 Å². The quantitative estimate of drug-likeness (QED) is 0.365. The normalized spacial score (nSPS) is 16.4. The second kappa shape index (κ2) is 8.45. The summed E-state index contributed by atoms with van der Waals surface area (Å²) in [5, 5.41) is 2.16. The highest BCUT2D eigenvalue weighted by atomic mass is 35.5. The number of thioether (sulfide) groups is 1. The van der Waals surface area contributed by atoms with E-state index in [0.29, 0.717) is 56.7 Å². The number of aromatic amines is 1. The number of nitrogens with one attached hydrogen (secondary N) is 1. The first-order valence-corrected chi connectivity index (χ1v) is 11.4. The Morgan fingerprint density at radius 1 is 1.13 bits per heavy atom. The predicted octanol–water partition coefficient (Wildman–Crippen LogP) is 3.76. The average Bonchev–Trinajstić information content (AvgIpc) is 3.27. The Labute approximate surface area is 186 Å². The second-order valence-electron chi connectivity index (χ2n) is 7.43. The highest BCUT2D eigenvalue weighted by molar-refractivity contribution is 7.98. The van der Waals surface area contributed by atoms with Crippen LogP contribution in [0.15, 0.2) is 57.2 Å². The van der Waals surface area contributed by atoms with Crippen LogP contribution in [0.1, 0.15) is 18.7 Å². The van der Waals surface area contributed by atoms with Crippen molar-refractivity contribution in [2.75, 3.05) is 6.61 Å². The molecule has 0 aliphatic carbocycles. The summed E-state index contributed by atoms with van der Waals surface area (Å²) in [6, 6.07) is 12.3. The van der Waals surface area contributed by atoms with Gasteiger partial charge in [0.15, 0.2) is 5.16 Å². The van der Waals surface area contributed by atoms with Crippen LogP contribution in [0.3, 0.4) is 0 Å². The number of hydrogen-bond acceptors (Lipinski definition) is 6. The van der Waals surface area contributed by atoms with E-state index in [1.165, 1.54) is 11.8 Å². The molecule has 0 amide bonds. The number of hydrogen-bond donors (Lipinski definition) is 1. The maximum absolute atomic E-state index is 13.2. The van der Waals surface area contributed by atoms with Gasteiger partial charge < -0.3 is 9.72 Å². The lowest BCUT2D eigenvalue weighted by atomic mass is 10.2. The molecule has 1 aliphatic heterocycles. The van der Waals surface area contributed by atoms with E-state index in [-0.39, 0.29) is 17.2 Å². The smallest absolute Gasteiger partial charge is 0.262 e. The van der Waals surface area contributed by atoms with E-state index in [2.05, 4.69) is 9.97 Å². The molecule has 2 aromatic heterocycles. The van der Waals surface area contributed by atoms with Gasteiger partial charge in [-0.15, -0.1) is 0 Å².